The van der Waals surface area contributed by atoms with Gasteiger partial charge in [-0.05, 0) is 60.7 Å². The average molecular weight is 509 g/mol. The Hall–Kier alpha value is -3.51. The third-order valence-corrected chi connectivity index (χ3v) is 6.32. The molecule has 0 aliphatic heterocycles. The smallest absolute Gasteiger partial charge is 0.242 e. The summed E-state index contributed by atoms with van der Waals surface area (Å²) in [6.07, 6.45) is 1.56. The molecule has 0 bridgehead atoms. The lowest BCUT2D eigenvalue weighted by atomic mass is 10.1. The van der Waals surface area contributed by atoms with E-state index in [1.807, 2.05) is 60.7 Å². The van der Waals surface area contributed by atoms with Gasteiger partial charge in [-0.2, -0.15) is 0 Å². The van der Waals surface area contributed by atoms with Crippen LogP contribution >= 0.6 is 11.6 Å². The largest absolute Gasteiger partial charge is 0.493 e. The zero-order chi connectivity index (χ0) is 25.9. The Morgan fingerprint density at radius 2 is 1.53 bits per heavy atom. The molecule has 190 valence electrons. The SMILES string of the molecule is COc1ccc(CCNC(=O)C(C)N(Cc2ccc(Cl)cc2)C(=O)CCc2ccccc2)cc1OC. The molecule has 1 N–H and O–H groups in total. The molecular formula is C29H33ClN2O4. The van der Waals surface area contributed by atoms with Gasteiger partial charge in [0, 0.05) is 24.5 Å². The summed E-state index contributed by atoms with van der Waals surface area (Å²) < 4.78 is 10.6. The Kier molecular flexibility index (Phi) is 10.2. The van der Waals surface area contributed by atoms with Crippen LogP contribution in [0.15, 0.2) is 72.8 Å². The van der Waals surface area contributed by atoms with E-state index in [2.05, 4.69) is 5.32 Å². The highest BCUT2D eigenvalue weighted by molar-refractivity contribution is 6.30. The van der Waals surface area contributed by atoms with Gasteiger partial charge in [-0.15, -0.1) is 0 Å². The Bertz CT molecular complexity index is 1140. The first-order valence-corrected chi connectivity index (χ1v) is 12.4. The van der Waals surface area contributed by atoms with E-state index in [1.165, 1.54) is 0 Å². The number of amides is 2. The van der Waals surface area contributed by atoms with E-state index in [0.29, 0.717) is 48.9 Å². The maximum Gasteiger partial charge on any atom is 0.242 e. The molecule has 36 heavy (non-hydrogen) atoms. The third-order valence-electron chi connectivity index (χ3n) is 6.06. The summed E-state index contributed by atoms with van der Waals surface area (Å²) in [5.41, 5.74) is 3.01. The van der Waals surface area contributed by atoms with Crippen molar-refractivity contribution in [1.82, 2.24) is 10.2 Å². The fourth-order valence-corrected chi connectivity index (χ4v) is 4.05. The van der Waals surface area contributed by atoms with E-state index in [9.17, 15) is 9.59 Å². The molecular weight excluding hydrogens is 476 g/mol. The first-order valence-electron chi connectivity index (χ1n) is 12.0. The van der Waals surface area contributed by atoms with E-state index < -0.39 is 6.04 Å². The number of nitrogens with one attached hydrogen (secondary N) is 1. The third kappa shape index (κ3) is 7.75. The highest BCUT2D eigenvalue weighted by atomic mass is 35.5. The summed E-state index contributed by atoms with van der Waals surface area (Å²) in [6.45, 7) is 2.53. The molecule has 3 aromatic carbocycles. The molecule has 0 spiro atoms. The summed E-state index contributed by atoms with van der Waals surface area (Å²) in [7, 11) is 3.19. The zero-order valence-electron chi connectivity index (χ0n) is 21.0. The lowest BCUT2D eigenvalue weighted by molar-refractivity contribution is -0.140. The highest BCUT2D eigenvalue weighted by Gasteiger charge is 2.25. The van der Waals surface area contributed by atoms with Crippen molar-refractivity contribution in [3.05, 3.63) is 94.5 Å². The van der Waals surface area contributed by atoms with Gasteiger partial charge in [-0.3, -0.25) is 9.59 Å². The number of aryl methyl sites for hydroxylation is 1. The first kappa shape index (κ1) is 27.1. The van der Waals surface area contributed by atoms with Crippen LogP contribution in [0.1, 0.15) is 30.0 Å². The number of carbonyl (C=O) groups is 2. The summed E-state index contributed by atoms with van der Waals surface area (Å²) >= 11 is 6.03. The average Bonchev–Trinajstić information content (AvgIpc) is 2.91. The molecule has 0 aliphatic rings. The fraction of sp³-hybridized carbons (Fsp3) is 0.310. The van der Waals surface area contributed by atoms with Gasteiger partial charge in [0.1, 0.15) is 6.04 Å². The maximum atomic E-state index is 13.3. The molecule has 0 fully saturated rings. The number of ether oxygens (including phenoxy) is 2. The minimum absolute atomic E-state index is 0.0728. The monoisotopic (exact) mass is 508 g/mol. The number of methoxy groups -OCH3 is 2. The van der Waals surface area contributed by atoms with E-state index in [-0.39, 0.29) is 11.8 Å². The molecule has 3 rings (SSSR count). The van der Waals surface area contributed by atoms with E-state index in [4.69, 9.17) is 21.1 Å². The van der Waals surface area contributed by atoms with Crippen molar-refractivity contribution in [2.24, 2.45) is 0 Å². The van der Waals surface area contributed by atoms with Crippen molar-refractivity contribution in [2.45, 2.75) is 38.8 Å². The second kappa shape index (κ2) is 13.5. The van der Waals surface area contributed by atoms with Crippen molar-refractivity contribution >= 4 is 23.4 Å². The van der Waals surface area contributed by atoms with Crippen LogP contribution in [0.5, 0.6) is 11.5 Å². The van der Waals surface area contributed by atoms with Crippen LogP contribution in [0.25, 0.3) is 0 Å². The normalized spacial score (nSPS) is 11.4. The summed E-state index contributed by atoms with van der Waals surface area (Å²) in [5.74, 6) is 1.03. The number of nitrogens with zero attached hydrogens (tertiary/aromatic N) is 1. The maximum absolute atomic E-state index is 13.3. The van der Waals surface area contributed by atoms with Crippen molar-refractivity contribution in [3.63, 3.8) is 0 Å². The van der Waals surface area contributed by atoms with E-state index in [1.54, 1.807) is 38.2 Å². The standard InChI is InChI=1S/C29H33ClN2O4/c1-21(29(34)31-18-17-23-11-15-26(35-2)27(19-23)36-3)32(20-24-9-13-25(30)14-10-24)28(33)16-12-22-7-5-4-6-8-22/h4-11,13-15,19,21H,12,16-18,20H2,1-3H3,(H,31,34). The van der Waals surface area contributed by atoms with E-state index in [0.717, 1.165) is 16.7 Å². The van der Waals surface area contributed by atoms with Gasteiger partial charge in [0.2, 0.25) is 11.8 Å². The van der Waals surface area contributed by atoms with E-state index >= 15 is 0 Å². The molecule has 0 aromatic heterocycles. The highest BCUT2D eigenvalue weighted by Crippen LogP contribution is 2.27. The fourth-order valence-electron chi connectivity index (χ4n) is 3.92. The second-order valence-electron chi connectivity index (χ2n) is 8.54. The molecule has 7 heteroatoms. The Labute approximate surface area is 218 Å². The summed E-state index contributed by atoms with van der Waals surface area (Å²) in [5, 5.41) is 3.60. The Morgan fingerprint density at radius 3 is 2.19 bits per heavy atom. The lowest BCUT2D eigenvalue weighted by Crippen LogP contribution is -2.48. The molecule has 0 saturated carbocycles. The van der Waals surface area contributed by atoms with Gasteiger partial charge in [-0.25, -0.2) is 0 Å². The van der Waals surface area contributed by atoms with Crippen molar-refractivity contribution < 1.29 is 19.1 Å². The van der Waals surface area contributed by atoms with Gasteiger partial charge in [0.15, 0.2) is 11.5 Å². The van der Waals surface area contributed by atoms with Gasteiger partial charge in [0.25, 0.3) is 0 Å². The predicted molar refractivity (Wildman–Crippen MR) is 142 cm³/mol. The van der Waals surface area contributed by atoms with Crippen molar-refractivity contribution in [3.8, 4) is 11.5 Å². The van der Waals surface area contributed by atoms with Crippen LogP contribution in [0.2, 0.25) is 5.02 Å². The molecule has 0 saturated heterocycles. The topological polar surface area (TPSA) is 67.9 Å². The zero-order valence-corrected chi connectivity index (χ0v) is 21.8. The van der Waals surface area contributed by atoms with Crippen LogP contribution in [0, 0.1) is 0 Å². The van der Waals surface area contributed by atoms with Crippen LogP contribution < -0.4 is 14.8 Å². The molecule has 1 unspecified atom stereocenters. The molecule has 0 aliphatic carbocycles. The molecule has 0 radical (unpaired) electrons. The molecule has 6 nitrogen and oxygen atoms in total. The van der Waals surface area contributed by atoms with Gasteiger partial charge >= 0.3 is 0 Å². The van der Waals surface area contributed by atoms with Gasteiger partial charge < -0.3 is 19.7 Å². The molecule has 0 heterocycles. The number of carbonyl (C=O) groups excluding carboxylic acids is 2. The van der Waals surface area contributed by atoms with Crippen LogP contribution in [0.4, 0.5) is 0 Å². The molecule has 3 aromatic rings. The Balaban J connectivity index is 1.64. The lowest BCUT2D eigenvalue weighted by Gasteiger charge is -2.29. The number of hydrogen-bond donors (Lipinski definition) is 1. The minimum Gasteiger partial charge on any atom is -0.493 e. The number of benzene rings is 3. The van der Waals surface area contributed by atoms with Gasteiger partial charge in [0.05, 0.1) is 14.2 Å². The second-order valence-corrected chi connectivity index (χ2v) is 8.98. The van der Waals surface area contributed by atoms with Crippen LogP contribution in [-0.2, 0) is 29.0 Å². The van der Waals surface area contributed by atoms with Crippen LogP contribution in [0.3, 0.4) is 0 Å². The van der Waals surface area contributed by atoms with Crippen LogP contribution in [-0.4, -0.2) is 43.5 Å². The first-order chi connectivity index (χ1) is 17.4. The quantitative estimate of drug-likeness (QED) is 0.371. The van der Waals surface area contributed by atoms with Gasteiger partial charge in [-0.1, -0.05) is 60.1 Å². The minimum atomic E-state index is -0.630. The molecule has 1 atom stereocenters. The van der Waals surface area contributed by atoms with Crippen molar-refractivity contribution in [1.29, 1.82) is 0 Å². The Morgan fingerprint density at radius 1 is 0.861 bits per heavy atom. The molecule has 2 amide bonds. The summed E-state index contributed by atoms with van der Waals surface area (Å²) in [4.78, 5) is 27.9. The predicted octanol–water partition coefficient (Wildman–Crippen LogP) is 5.07. The number of rotatable bonds is 12. The van der Waals surface area contributed by atoms with Crippen molar-refractivity contribution in [2.75, 3.05) is 20.8 Å². The number of halogens is 1. The summed E-state index contributed by atoms with van der Waals surface area (Å²) in [6, 6.07) is 22.3. The number of hydrogen-bond acceptors (Lipinski definition) is 4.